The molecule has 2 atom stereocenters. The molecule has 0 saturated carbocycles. The summed E-state index contributed by atoms with van der Waals surface area (Å²) in [5, 5.41) is 8.72. The molecular formula is C20H22N4O3S. The van der Waals surface area contributed by atoms with Crippen molar-refractivity contribution >= 4 is 28.9 Å². The average Bonchev–Trinajstić information content (AvgIpc) is 3.48. The number of hydrogen-bond acceptors (Lipinski definition) is 6. The quantitative estimate of drug-likeness (QED) is 0.838. The molecule has 28 heavy (non-hydrogen) atoms. The summed E-state index contributed by atoms with van der Waals surface area (Å²) in [7, 11) is 0. The van der Waals surface area contributed by atoms with Crippen LogP contribution in [-0.2, 0) is 9.63 Å². The summed E-state index contributed by atoms with van der Waals surface area (Å²) in [5.74, 6) is -0.0972. The molecule has 2 amide bonds. The van der Waals surface area contributed by atoms with Gasteiger partial charge < -0.3 is 15.1 Å². The maximum atomic E-state index is 12.5. The van der Waals surface area contributed by atoms with Crippen molar-refractivity contribution in [1.29, 1.82) is 0 Å². The summed E-state index contributed by atoms with van der Waals surface area (Å²) < 4.78 is 0. The number of carbonyl (C=O) groups excluding carboxylic acids is 2. The first-order valence-corrected chi connectivity index (χ1v) is 10.3. The highest BCUT2D eigenvalue weighted by Crippen LogP contribution is 2.34. The second kappa shape index (κ2) is 7.71. The first-order chi connectivity index (χ1) is 13.6. The van der Waals surface area contributed by atoms with E-state index in [0.717, 1.165) is 0 Å². The third kappa shape index (κ3) is 3.77. The van der Waals surface area contributed by atoms with Crippen LogP contribution in [0.25, 0.3) is 0 Å². The Morgan fingerprint density at radius 2 is 2.18 bits per heavy atom. The lowest BCUT2D eigenvalue weighted by atomic mass is 9.96. The second-order valence-corrected chi connectivity index (χ2v) is 8.08. The van der Waals surface area contributed by atoms with Crippen LogP contribution in [0, 0.1) is 0 Å². The largest absolute Gasteiger partial charge is 0.386 e. The van der Waals surface area contributed by atoms with E-state index in [4.69, 9.17) is 4.84 Å². The van der Waals surface area contributed by atoms with E-state index in [1.165, 1.54) is 16.9 Å². The number of rotatable bonds is 5. The van der Waals surface area contributed by atoms with E-state index >= 15 is 0 Å². The third-order valence-electron chi connectivity index (χ3n) is 5.29. The minimum atomic E-state index is -0.594. The van der Waals surface area contributed by atoms with Crippen LogP contribution in [0.1, 0.15) is 41.7 Å². The van der Waals surface area contributed by atoms with Gasteiger partial charge in [-0.2, -0.15) is 0 Å². The van der Waals surface area contributed by atoms with Crippen molar-refractivity contribution in [3.63, 3.8) is 0 Å². The molecule has 2 aliphatic rings. The van der Waals surface area contributed by atoms with Crippen LogP contribution in [0.2, 0.25) is 0 Å². The number of nitrogens with one attached hydrogen (secondary N) is 1. The van der Waals surface area contributed by atoms with Crippen molar-refractivity contribution < 1.29 is 14.4 Å². The van der Waals surface area contributed by atoms with Crippen LogP contribution in [0.15, 0.2) is 46.4 Å². The Balaban J connectivity index is 1.30. The van der Waals surface area contributed by atoms with Crippen molar-refractivity contribution in [1.82, 2.24) is 15.2 Å². The summed E-state index contributed by atoms with van der Waals surface area (Å²) >= 11 is 1.40. The lowest BCUT2D eigenvalue weighted by Crippen LogP contribution is -2.39. The minimum absolute atomic E-state index is 0.101. The summed E-state index contributed by atoms with van der Waals surface area (Å²) in [5.41, 5.74) is 3.07. The Morgan fingerprint density at radius 1 is 1.36 bits per heavy atom. The summed E-state index contributed by atoms with van der Waals surface area (Å²) in [6.45, 7) is 3.60. The number of amides is 2. The molecule has 0 aliphatic carbocycles. The fourth-order valence-electron chi connectivity index (χ4n) is 3.61. The van der Waals surface area contributed by atoms with E-state index in [-0.39, 0.29) is 17.7 Å². The van der Waals surface area contributed by atoms with Gasteiger partial charge in [-0.05, 0) is 11.5 Å². The topological polar surface area (TPSA) is 83.9 Å². The molecule has 1 N–H and O–H groups in total. The van der Waals surface area contributed by atoms with Crippen LogP contribution in [0.5, 0.6) is 0 Å². The fourth-order valence-corrected chi connectivity index (χ4v) is 4.13. The van der Waals surface area contributed by atoms with Crippen LogP contribution in [0.4, 0.5) is 0 Å². The molecule has 4 rings (SSSR count). The van der Waals surface area contributed by atoms with E-state index in [2.05, 4.69) is 34.5 Å². The molecule has 1 fully saturated rings. The molecule has 7 nitrogen and oxygen atoms in total. The molecule has 0 bridgehead atoms. The highest BCUT2D eigenvalue weighted by atomic mass is 32.1. The van der Waals surface area contributed by atoms with Crippen molar-refractivity contribution in [3.8, 4) is 0 Å². The van der Waals surface area contributed by atoms with E-state index in [1.54, 1.807) is 15.8 Å². The van der Waals surface area contributed by atoms with Gasteiger partial charge in [0, 0.05) is 31.3 Å². The number of nitrogens with zero attached hydrogens (tertiary/aromatic N) is 3. The van der Waals surface area contributed by atoms with Crippen LogP contribution >= 0.6 is 11.3 Å². The highest BCUT2D eigenvalue weighted by molar-refractivity contribution is 7.07. The van der Waals surface area contributed by atoms with Gasteiger partial charge in [0.25, 0.3) is 11.8 Å². The Hall–Kier alpha value is -2.74. The van der Waals surface area contributed by atoms with E-state index in [0.29, 0.717) is 43.9 Å². The minimum Gasteiger partial charge on any atom is -0.386 e. The summed E-state index contributed by atoms with van der Waals surface area (Å²) in [4.78, 5) is 36.4. The van der Waals surface area contributed by atoms with Crippen molar-refractivity contribution in [2.75, 3.05) is 19.6 Å². The van der Waals surface area contributed by atoms with Gasteiger partial charge in [0.05, 0.1) is 12.1 Å². The van der Waals surface area contributed by atoms with Gasteiger partial charge >= 0.3 is 0 Å². The predicted molar refractivity (Wildman–Crippen MR) is 106 cm³/mol. The zero-order valence-electron chi connectivity index (χ0n) is 15.6. The standard InChI is InChI=1S/C20H22N4O3S/c1-14(15-5-3-2-4-6-15)10-21-18(25)16-9-20(27-23-16)7-8-24(12-20)19(26)17-11-28-13-22-17/h2-6,11,13-14H,7-10,12H2,1H3,(H,21,25). The number of aromatic nitrogens is 1. The maximum Gasteiger partial charge on any atom is 0.273 e. The lowest BCUT2D eigenvalue weighted by molar-refractivity contribution is -0.115. The molecule has 1 spiro atoms. The Morgan fingerprint density at radius 3 is 2.93 bits per heavy atom. The molecular weight excluding hydrogens is 376 g/mol. The number of carbonyl (C=O) groups is 2. The zero-order valence-corrected chi connectivity index (χ0v) is 16.4. The van der Waals surface area contributed by atoms with Crippen LogP contribution in [0.3, 0.4) is 0 Å². The lowest BCUT2D eigenvalue weighted by Gasteiger charge is -2.21. The van der Waals surface area contributed by atoms with Gasteiger partial charge in [0.1, 0.15) is 11.4 Å². The SMILES string of the molecule is CC(CNC(=O)C1=NOC2(CCN(C(=O)c3cscn3)C2)C1)c1ccccc1. The van der Waals surface area contributed by atoms with Gasteiger partial charge in [0.2, 0.25) is 0 Å². The Kier molecular flexibility index (Phi) is 5.13. The third-order valence-corrected chi connectivity index (χ3v) is 5.88. The molecule has 1 aromatic heterocycles. The normalized spacial score (nSPS) is 22.0. The van der Waals surface area contributed by atoms with Gasteiger partial charge in [-0.25, -0.2) is 4.98 Å². The number of thiazole rings is 1. The van der Waals surface area contributed by atoms with E-state index in [9.17, 15) is 9.59 Å². The molecule has 1 saturated heterocycles. The Labute approximate surface area is 167 Å². The van der Waals surface area contributed by atoms with Gasteiger partial charge in [-0.15, -0.1) is 11.3 Å². The smallest absolute Gasteiger partial charge is 0.273 e. The van der Waals surface area contributed by atoms with Crippen LogP contribution < -0.4 is 5.32 Å². The number of benzene rings is 1. The summed E-state index contributed by atoms with van der Waals surface area (Å²) in [6, 6.07) is 10.1. The molecule has 1 aromatic carbocycles. The number of hydrogen-bond donors (Lipinski definition) is 1. The van der Waals surface area contributed by atoms with Crippen molar-refractivity contribution in [2.24, 2.45) is 5.16 Å². The van der Waals surface area contributed by atoms with E-state index in [1.807, 2.05) is 18.2 Å². The first kappa shape index (κ1) is 18.6. The molecule has 8 heteroatoms. The molecule has 2 aliphatic heterocycles. The second-order valence-electron chi connectivity index (χ2n) is 7.36. The van der Waals surface area contributed by atoms with Crippen LogP contribution in [-0.4, -0.2) is 52.6 Å². The highest BCUT2D eigenvalue weighted by Gasteiger charge is 2.48. The maximum absolute atomic E-state index is 12.5. The van der Waals surface area contributed by atoms with Gasteiger partial charge in [0.15, 0.2) is 5.60 Å². The predicted octanol–water partition coefficient (Wildman–Crippen LogP) is 2.42. The molecule has 2 unspecified atom stereocenters. The average molecular weight is 398 g/mol. The molecule has 2 aromatic rings. The number of oxime groups is 1. The molecule has 3 heterocycles. The van der Waals surface area contributed by atoms with Gasteiger partial charge in [-0.1, -0.05) is 42.4 Å². The number of likely N-dealkylation sites (tertiary alicyclic amines) is 1. The van der Waals surface area contributed by atoms with Crippen molar-refractivity contribution in [2.45, 2.75) is 31.3 Å². The van der Waals surface area contributed by atoms with E-state index < -0.39 is 5.60 Å². The first-order valence-electron chi connectivity index (χ1n) is 9.32. The summed E-state index contributed by atoms with van der Waals surface area (Å²) in [6.07, 6.45) is 1.07. The van der Waals surface area contributed by atoms with Crippen molar-refractivity contribution in [3.05, 3.63) is 52.5 Å². The molecule has 146 valence electrons. The zero-order chi connectivity index (χ0) is 19.6. The monoisotopic (exact) mass is 398 g/mol. The van der Waals surface area contributed by atoms with Gasteiger partial charge in [-0.3, -0.25) is 9.59 Å². The Bertz CT molecular complexity index is 884. The molecule has 0 radical (unpaired) electrons. The fraction of sp³-hybridized carbons (Fsp3) is 0.400.